The van der Waals surface area contributed by atoms with Crippen molar-refractivity contribution in [2.24, 2.45) is 0 Å². The second-order valence-corrected chi connectivity index (χ2v) is 8.37. The Bertz CT molecular complexity index is 254. The molecule has 0 aliphatic rings. The fourth-order valence-corrected chi connectivity index (χ4v) is 2.96. The highest BCUT2D eigenvalue weighted by molar-refractivity contribution is 6.91. The number of carbonyl (C=O) groups is 1. The van der Waals surface area contributed by atoms with Crippen molar-refractivity contribution in [2.45, 2.75) is 19.1 Å². The maximum Gasteiger partial charge on any atom is 0.117 e. The highest BCUT2D eigenvalue weighted by atomic mass is 28.3. The van der Waals surface area contributed by atoms with Gasteiger partial charge in [0.25, 0.3) is 0 Å². The van der Waals surface area contributed by atoms with Gasteiger partial charge in [-0.1, -0.05) is 48.6 Å². The number of hydrogen-bond acceptors (Lipinski definition) is 1. The molecule has 1 aromatic carbocycles. The van der Waals surface area contributed by atoms with E-state index in [1.54, 1.807) is 0 Å². The average Bonchev–Trinajstić information content (AvgIpc) is 2.06. The Labute approximate surface area is 74.4 Å². The summed E-state index contributed by atoms with van der Waals surface area (Å²) in [5.74, 6) is 0. The van der Waals surface area contributed by atoms with E-state index in [-0.39, 0.29) is 0 Å². The summed E-state index contributed by atoms with van der Waals surface area (Å²) < 4.78 is 0. The van der Waals surface area contributed by atoms with E-state index in [0.29, 0.717) is 0 Å². The monoisotopic (exact) mass is 178 g/mol. The maximum absolute atomic E-state index is 10.4. The third-order valence-corrected chi connectivity index (χ3v) is 5.23. The van der Waals surface area contributed by atoms with Gasteiger partial charge in [-0.15, -0.1) is 0 Å². The molecular formula is C10H14OSi. The molecule has 0 aliphatic carbocycles. The molecule has 0 fully saturated rings. The number of carbonyl (C=O) groups excluding carboxylic acids is 1. The van der Waals surface area contributed by atoms with Crippen LogP contribution in [0.4, 0.5) is 0 Å². The minimum atomic E-state index is -1.45. The van der Waals surface area contributed by atoms with Crippen molar-refractivity contribution >= 4 is 19.5 Å². The Balaban J connectivity index is 2.89. The summed E-state index contributed by atoms with van der Waals surface area (Å²) >= 11 is 0. The predicted molar refractivity (Wildman–Crippen MR) is 54.4 cm³/mol. The van der Waals surface area contributed by atoms with Crippen molar-refractivity contribution in [3.8, 4) is 0 Å². The number of benzene rings is 1. The first-order chi connectivity index (χ1) is 5.67. The SMILES string of the molecule is C[Si](C)(CC=O)c1ccccc1. The molecule has 1 rings (SSSR count). The highest BCUT2D eigenvalue weighted by Crippen LogP contribution is 2.06. The van der Waals surface area contributed by atoms with E-state index in [1.807, 2.05) is 18.2 Å². The van der Waals surface area contributed by atoms with Crippen LogP contribution in [0, 0.1) is 0 Å². The zero-order valence-electron chi connectivity index (χ0n) is 7.58. The lowest BCUT2D eigenvalue weighted by atomic mass is 10.4. The van der Waals surface area contributed by atoms with Crippen LogP contribution in [-0.2, 0) is 4.79 Å². The Kier molecular flexibility index (Phi) is 2.81. The molecule has 0 saturated carbocycles. The van der Waals surface area contributed by atoms with E-state index in [2.05, 4.69) is 25.2 Å². The summed E-state index contributed by atoms with van der Waals surface area (Å²) in [5.41, 5.74) is 0. The molecule has 0 unspecified atom stereocenters. The van der Waals surface area contributed by atoms with E-state index in [4.69, 9.17) is 0 Å². The van der Waals surface area contributed by atoms with Gasteiger partial charge in [0.2, 0.25) is 0 Å². The van der Waals surface area contributed by atoms with Gasteiger partial charge in [-0.05, 0) is 0 Å². The molecule has 0 radical (unpaired) electrons. The molecule has 0 saturated heterocycles. The number of hydrogen-bond donors (Lipinski definition) is 0. The lowest BCUT2D eigenvalue weighted by molar-refractivity contribution is -0.106. The van der Waals surface area contributed by atoms with Gasteiger partial charge in [-0.3, -0.25) is 0 Å². The lowest BCUT2D eigenvalue weighted by Crippen LogP contribution is -2.41. The van der Waals surface area contributed by atoms with Crippen LogP contribution >= 0.6 is 0 Å². The fraction of sp³-hybridized carbons (Fsp3) is 0.300. The van der Waals surface area contributed by atoms with Crippen LogP contribution in [0.25, 0.3) is 0 Å². The van der Waals surface area contributed by atoms with Gasteiger partial charge in [0.05, 0.1) is 8.07 Å². The van der Waals surface area contributed by atoms with Gasteiger partial charge in [0.1, 0.15) is 6.29 Å². The molecule has 64 valence electrons. The molecule has 0 bridgehead atoms. The zero-order valence-corrected chi connectivity index (χ0v) is 8.58. The standard InChI is InChI=1S/C10H14OSi/c1-12(2,9-8-11)10-6-4-3-5-7-10/h3-8H,9H2,1-2H3. The average molecular weight is 178 g/mol. The predicted octanol–water partition coefficient (Wildman–Crippen LogP) is 1.80. The second kappa shape index (κ2) is 3.67. The molecule has 12 heavy (non-hydrogen) atoms. The molecule has 0 aliphatic heterocycles. The summed E-state index contributed by atoms with van der Waals surface area (Å²) in [4.78, 5) is 10.4. The molecule has 0 atom stereocenters. The van der Waals surface area contributed by atoms with Crippen molar-refractivity contribution in [2.75, 3.05) is 0 Å². The molecule has 0 spiro atoms. The first-order valence-electron chi connectivity index (χ1n) is 4.16. The first-order valence-corrected chi connectivity index (χ1v) is 7.37. The van der Waals surface area contributed by atoms with E-state index >= 15 is 0 Å². The largest absolute Gasteiger partial charge is 0.304 e. The van der Waals surface area contributed by atoms with E-state index < -0.39 is 8.07 Å². The van der Waals surface area contributed by atoms with Crippen LogP contribution in [0.1, 0.15) is 0 Å². The molecule has 0 amide bonds. The van der Waals surface area contributed by atoms with Crippen molar-refractivity contribution < 1.29 is 4.79 Å². The third-order valence-electron chi connectivity index (χ3n) is 2.15. The Morgan fingerprint density at radius 1 is 1.25 bits per heavy atom. The second-order valence-electron chi connectivity index (χ2n) is 3.62. The van der Waals surface area contributed by atoms with E-state index in [9.17, 15) is 4.79 Å². The molecular weight excluding hydrogens is 164 g/mol. The first kappa shape index (κ1) is 9.20. The van der Waals surface area contributed by atoms with E-state index in [0.717, 1.165) is 12.3 Å². The van der Waals surface area contributed by atoms with Gasteiger partial charge in [0.15, 0.2) is 0 Å². The van der Waals surface area contributed by atoms with Gasteiger partial charge in [0, 0.05) is 6.04 Å². The Morgan fingerprint density at radius 2 is 1.83 bits per heavy atom. The smallest absolute Gasteiger partial charge is 0.117 e. The topological polar surface area (TPSA) is 17.1 Å². The molecule has 0 N–H and O–H groups in total. The fourth-order valence-electron chi connectivity index (χ4n) is 1.22. The lowest BCUT2D eigenvalue weighted by Gasteiger charge is -2.19. The minimum Gasteiger partial charge on any atom is -0.304 e. The van der Waals surface area contributed by atoms with Gasteiger partial charge in [-0.25, -0.2) is 0 Å². The van der Waals surface area contributed by atoms with Crippen LogP contribution < -0.4 is 5.19 Å². The van der Waals surface area contributed by atoms with Crippen molar-refractivity contribution in [1.82, 2.24) is 0 Å². The summed E-state index contributed by atoms with van der Waals surface area (Å²) in [6.07, 6.45) is 1.04. The Hall–Kier alpha value is -0.893. The third kappa shape index (κ3) is 2.05. The van der Waals surface area contributed by atoms with Crippen LogP contribution in [0.2, 0.25) is 19.1 Å². The molecule has 2 heteroatoms. The zero-order chi connectivity index (χ0) is 9.03. The van der Waals surface area contributed by atoms with Crippen molar-refractivity contribution in [1.29, 1.82) is 0 Å². The quantitative estimate of drug-likeness (QED) is 0.509. The van der Waals surface area contributed by atoms with Crippen LogP contribution in [0.5, 0.6) is 0 Å². The van der Waals surface area contributed by atoms with Crippen LogP contribution in [0.15, 0.2) is 30.3 Å². The summed E-state index contributed by atoms with van der Waals surface area (Å²) in [7, 11) is -1.45. The van der Waals surface area contributed by atoms with Crippen molar-refractivity contribution in [3.63, 3.8) is 0 Å². The normalized spacial score (nSPS) is 11.2. The van der Waals surface area contributed by atoms with Crippen molar-refractivity contribution in [3.05, 3.63) is 30.3 Å². The van der Waals surface area contributed by atoms with Crippen LogP contribution in [0.3, 0.4) is 0 Å². The maximum atomic E-state index is 10.4. The highest BCUT2D eigenvalue weighted by Gasteiger charge is 2.21. The molecule has 0 aromatic heterocycles. The molecule has 1 nitrogen and oxygen atoms in total. The molecule has 0 heterocycles. The number of aldehydes is 1. The minimum absolute atomic E-state index is 0.719. The van der Waals surface area contributed by atoms with Gasteiger partial charge >= 0.3 is 0 Å². The van der Waals surface area contributed by atoms with Crippen LogP contribution in [-0.4, -0.2) is 14.4 Å². The Morgan fingerprint density at radius 3 is 2.33 bits per heavy atom. The van der Waals surface area contributed by atoms with Gasteiger partial charge in [-0.2, -0.15) is 0 Å². The number of rotatable bonds is 3. The molecule has 1 aromatic rings. The summed E-state index contributed by atoms with van der Waals surface area (Å²) in [6, 6.07) is 11.0. The van der Waals surface area contributed by atoms with Gasteiger partial charge < -0.3 is 4.79 Å². The van der Waals surface area contributed by atoms with E-state index in [1.165, 1.54) is 5.19 Å². The summed E-state index contributed by atoms with van der Waals surface area (Å²) in [6.45, 7) is 4.44. The summed E-state index contributed by atoms with van der Waals surface area (Å²) in [5, 5.41) is 1.36.